The number of rotatable bonds is 6. The fourth-order valence-electron chi connectivity index (χ4n) is 3.40. The Morgan fingerprint density at radius 3 is 2.00 bits per heavy atom. The summed E-state index contributed by atoms with van der Waals surface area (Å²) in [7, 11) is 0. The van der Waals surface area contributed by atoms with Crippen LogP contribution >= 0.6 is 11.6 Å². The Balaban J connectivity index is 2.17. The Kier molecular flexibility index (Phi) is 6.84. The van der Waals surface area contributed by atoms with Gasteiger partial charge in [-0.3, -0.25) is 0 Å². The average Bonchev–Trinajstić information content (AvgIpc) is 2.73. The molecule has 156 valence electrons. The molecule has 0 aliphatic rings. The van der Waals surface area contributed by atoms with Crippen LogP contribution in [-0.4, -0.2) is 12.6 Å². The Bertz CT molecular complexity index is 1090. The van der Waals surface area contributed by atoms with Crippen molar-refractivity contribution in [3.8, 4) is 22.6 Å². The zero-order valence-electron chi connectivity index (χ0n) is 18.1. The number of hydrogen-bond donors (Lipinski definition) is 0. The lowest BCUT2D eigenvalue weighted by Crippen LogP contribution is -2.11. The predicted octanol–water partition coefficient (Wildman–Crippen LogP) is 7.25. The van der Waals surface area contributed by atoms with E-state index in [1.54, 1.807) is 24.3 Å². The van der Waals surface area contributed by atoms with E-state index < -0.39 is 5.97 Å². The molecule has 0 spiro atoms. The lowest BCUT2D eigenvalue weighted by Gasteiger charge is -2.21. The van der Waals surface area contributed by atoms with E-state index in [2.05, 4.69) is 33.8 Å². The van der Waals surface area contributed by atoms with Crippen molar-refractivity contribution < 1.29 is 14.3 Å². The highest BCUT2D eigenvalue weighted by Gasteiger charge is 2.22. The summed E-state index contributed by atoms with van der Waals surface area (Å²) in [5.74, 6) is 0.813. The van der Waals surface area contributed by atoms with Crippen LogP contribution in [0.5, 0.6) is 11.5 Å². The lowest BCUT2D eigenvalue weighted by atomic mass is 9.90. The molecule has 0 N–H and O–H groups in total. The molecule has 0 atom stereocenters. The van der Waals surface area contributed by atoms with Crippen LogP contribution in [0.2, 0.25) is 5.02 Å². The Morgan fingerprint density at radius 1 is 0.833 bits per heavy atom. The summed E-state index contributed by atoms with van der Waals surface area (Å²) < 4.78 is 12.0. The number of aryl methyl sites for hydroxylation is 2. The number of benzene rings is 3. The monoisotopic (exact) mass is 422 g/mol. The van der Waals surface area contributed by atoms with Gasteiger partial charge in [-0.1, -0.05) is 42.8 Å². The van der Waals surface area contributed by atoms with E-state index in [-0.39, 0.29) is 0 Å². The number of esters is 1. The minimum absolute atomic E-state index is 0.340. The van der Waals surface area contributed by atoms with E-state index in [0.29, 0.717) is 22.9 Å². The largest absolute Gasteiger partial charge is 0.493 e. The van der Waals surface area contributed by atoms with Gasteiger partial charge in [-0.05, 0) is 80.6 Å². The van der Waals surface area contributed by atoms with Gasteiger partial charge in [0.15, 0.2) is 0 Å². The standard InChI is InChI=1S/C26H27ClO3/c1-6-15-29-22-13-11-16(2)18(4)24(22)25-19(5)17(3)12-14-23(25)30-26(28)20-9-7-8-10-21(20)27/h7-14H,6,15H2,1-5H3. The van der Waals surface area contributed by atoms with Crippen molar-refractivity contribution in [3.63, 3.8) is 0 Å². The van der Waals surface area contributed by atoms with Gasteiger partial charge in [0, 0.05) is 11.1 Å². The van der Waals surface area contributed by atoms with Gasteiger partial charge < -0.3 is 9.47 Å². The minimum Gasteiger partial charge on any atom is -0.493 e. The normalized spacial score (nSPS) is 10.7. The van der Waals surface area contributed by atoms with Crippen LogP contribution in [0.3, 0.4) is 0 Å². The van der Waals surface area contributed by atoms with Crippen molar-refractivity contribution in [2.45, 2.75) is 41.0 Å². The number of carbonyl (C=O) groups is 1. The quantitative estimate of drug-likeness (QED) is 0.310. The summed E-state index contributed by atoms with van der Waals surface area (Å²) >= 11 is 6.21. The molecular weight excluding hydrogens is 396 g/mol. The fourth-order valence-corrected chi connectivity index (χ4v) is 3.62. The SMILES string of the molecule is CCCOc1ccc(C)c(C)c1-c1c(OC(=O)c2ccccc2Cl)ccc(C)c1C. The molecule has 0 unspecified atom stereocenters. The van der Waals surface area contributed by atoms with E-state index in [4.69, 9.17) is 21.1 Å². The fraction of sp³-hybridized carbons (Fsp3) is 0.269. The summed E-state index contributed by atoms with van der Waals surface area (Å²) in [6.07, 6.45) is 0.910. The number of carbonyl (C=O) groups excluding carboxylic acids is 1. The van der Waals surface area contributed by atoms with Gasteiger partial charge in [-0.2, -0.15) is 0 Å². The molecule has 0 aliphatic heterocycles. The molecule has 0 heterocycles. The lowest BCUT2D eigenvalue weighted by molar-refractivity contribution is 0.0735. The molecule has 0 amide bonds. The van der Waals surface area contributed by atoms with Crippen molar-refractivity contribution in [1.29, 1.82) is 0 Å². The van der Waals surface area contributed by atoms with Crippen molar-refractivity contribution in [1.82, 2.24) is 0 Å². The van der Waals surface area contributed by atoms with E-state index in [1.807, 2.05) is 25.1 Å². The minimum atomic E-state index is -0.480. The molecule has 30 heavy (non-hydrogen) atoms. The third-order valence-electron chi connectivity index (χ3n) is 5.40. The predicted molar refractivity (Wildman–Crippen MR) is 123 cm³/mol. The third-order valence-corrected chi connectivity index (χ3v) is 5.73. The van der Waals surface area contributed by atoms with Crippen molar-refractivity contribution in [2.75, 3.05) is 6.61 Å². The van der Waals surface area contributed by atoms with Gasteiger partial charge in [0.05, 0.1) is 17.2 Å². The highest BCUT2D eigenvalue weighted by molar-refractivity contribution is 6.33. The molecule has 0 aromatic heterocycles. The zero-order valence-corrected chi connectivity index (χ0v) is 18.9. The first-order valence-electron chi connectivity index (χ1n) is 10.1. The van der Waals surface area contributed by atoms with Crippen LogP contribution in [-0.2, 0) is 0 Å². The summed E-state index contributed by atoms with van der Waals surface area (Å²) in [5.41, 5.74) is 6.60. The first-order valence-corrected chi connectivity index (χ1v) is 10.5. The molecule has 0 aliphatic carbocycles. The topological polar surface area (TPSA) is 35.5 Å². The van der Waals surface area contributed by atoms with E-state index in [1.165, 1.54) is 0 Å². The van der Waals surface area contributed by atoms with Crippen molar-refractivity contribution in [3.05, 3.63) is 81.4 Å². The molecule has 3 aromatic rings. The molecule has 4 heteroatoms. The van der Waals surface area contributed by atoms with Crippen molar-refractivity contribution in [2.24, 2.45) is 0 Å². The highest BCUT2D eigenvalue weighted by atomic mass is 35.5. The van der Waals surface area contributed by atoms with Crippen LogP contribution in [0.1, 0.15) is 46.0 Å². The van der Waals surface area contributed by atoms with Crippen LogP contribution in [0.15, 0.2) is 48.5 Å². The first kappa shape index (κ1) is 21.9. The van der Waals surface area contributed by atoms with Gasteiger partial charge >= 0.3 is 5.97 Å². The summed E-state index contributed by atoms with van der Waals surface area (Å²) in [6.45, 7) is 10.9. The van der Waals surface area contributed by atoms with Gasteiger partial charge in [0.25, 0.3) is 0 Å². The molecule has 3 rings (SSSR count). The molecule has 0 fully saturated rings. The number of ether oxygens (including phenoxy) is 2. The average molecular weight is 423 g/mol. The van der Waals surface area contributed by atoms with Gasteiger partial charge in [-0.15, -0.1) is 0 Å². The smallest absolute Gasteiger partial charge is 0.345 e. The molecule has 0 saturated carbocycles. The van der Waals surface area contributed by atoms with Crippen molar-refractivity contribution >= 4 is 17.6 Å². The maximum atomic E-state index is 12.9. The van der Waals surface area contributed by atoms with Crippen LogP contribution in [0.25, 0.3) is 11.1 Å². The second kappa shape index (κ2) is 9.36. The second-order valence-corrected chi connectivity index (χ2v) is 7.89. The van der Waals surface area contributed by atoms with Gasteiger partial charge in [-0.25, -0.2) is 4.79 Å². The Hall–Kier alpha value is -2.78. The Morgan fingerprint density at radius 2 is 1.40 bits per heavy atom. The number of hydrogen-bond acceptors (Lipinski definition) is 3. The van der Waals surface area contributed by atoms with E-state index in [0.717, 1.165) is 45.6 Å². The van der Waals surface area contributed by atoms with E-state index in [9.17, 15) is 4.79 Å². The maximum absolute atomic E-state index is 12.9. The molecule has 0 bridgehead atoms. The van der Waals surface area contributed by atoms with Crippen LogP contribution < -0.4 is 9.47 Å². The molecule has 3 aromatic carbocycles. The summed E-state index contributed by atoms with van der Waals surface area (Å²) in [6, 6.07) is 14.8. The Labute approximate surface area is 183 Å². The zero-order chi connectivity index (χ0) is 21.8. The maximum Gasteiger partial charge on any atom is 0.345 e. The van der Waals surface area contributed by atoms with Gasteiger partial charge in [0.2, 0.25) is 0 Å². The molecular formula is C26H27ClO3. The first-order chi connectivity index (χ1) is 14.3. The van der Waals surface area contributed by atoms with Gasteiger partial charge in [0.1, 0.15) is 11.5 Å². The van der Waals surface area contributed by atoms with Crippen LogP contribution in [0.4, 0.5) is 0 Å². The summed E-state index contributed by atoms with van der Waals surface area (Å²) in [5, 5.41) is 0.367. The second-order valence-electron chi connectivity index (χ2n) is 7.48. The molecule has 3 nitrogen and oxygen atoms in total. The highest BCUT2D eigenvalue weighted by Crippen LogP contribution is 2.43. The molecule has 0 saturated heterocycles. The van der Waals surface area contributed by atoms with E-state index >= 15 is 0 Å². The summed E-state index contributed by atoms with van der Waals surface area (Å²) in [4.78, 5) is 12.9. The third kappa shape index (κ3) is 4.36. The van der Waals surface area contributed by atoms with Crippen LogP contribution in [0, 0.1) is 27.7 Å². The molecule has 0 radical (unpaired) electrons. The number of halogens is 1.